The van der Waals surface area contributed by atoms with E-state index >= 15 is 0 Å². The smallest absolute Gasteiger partial charge is 0.330 e. The maximum Gasteiger partial charge on any atom is 0.416 e. The van der Waals surface area contributed by atoms with Crippen molar-refractivity contribution in [3.05, 3.63) is 34.9 Å². The van der Waals surface area contributed by atoms with E-state index in [1.54, 1.807) is 0 Å². The van der Waals surface area contributed by atoms with Gasteiger partial charge < -0.3 is 11.5 Å². The fraction of sp³-hybridized carbons (Fsp3) is 0.455. The van der Waals surface area contributed by atoms with E-state index in [-0.39, 0.29) is 24.6 Å². The molecule has 19 heavy (non-hydrogen) atoms. The Morgan fingerprint density at radius 3 is 2.00 bits per heavy atom. The van der Waals surface area contributed by atoms with Gasteiger partial charge in [0.05, 0.1) is 11.1 Å². The van der Waals surface area contributed by atoms with E-state index in [0.29, 0.717) is 6.07 Å². The van der Waals surface area contributed by atoms with Gasteiger partial charge in [0.25, 0.3) is 0 Å². The highest BCUT2D eigenvalue weighted by atomic mass is 19.4. The van der Waals surface area contributed by atoms with Gasteiger partial charge in [-0.1, -0.05) is 6.07 Å². The third-order valence-electron chi connectivity index (χ3n) is 2.56. The fourth-order valence-corrected chi connectivity index (χ4v) is 1.64. The second-order valence-electron chi connectivity index (χ2n) is 3.98. The maximum absolute atomic E-state index is 12.8. The molecule has 0 amide bonds. The lowest BCUT2D eigenvalue weighted by Crippen LogP contribution is -2.21. The summed E-state index contributed by atoms with van der Waals surface area (Å²) >= 11 is 0. The minimum atomic E-state index is -4.90. The molecular weight excluding hydrogens is 274 g/mol. The summed E-state index contributed by atoms with van der Waals surface area (Å²) in [6, 6.07) is 0.363. The zero-order valence-electron chi connectivity index (χ0n) is 9.65. The van der Waals surface area contributed by atoms with Gasteiger partial charge in [-0.2, -0.15) is 26.3 Å². The van der Waals surface area contributed by atoms with Crippen molar-refractivity contribution >= 4 is 0 Å². The van der Waals surface area contributed by atoms with Crippen molar-refractivity contribution in [3.63, 3.8) is 0 Å². The minimum absolute atomic E-state index is 0.0412. The molecule has 0 spiro atoms. The van der Waals surface area contributed by atoms with Gasteiger partial charge in [0.2, 0.25) is 0 Å². The van der Waals surface area contributed by atoms with Crippen LogP contribution in [0.25, 0.3) is 0 Å². The van der Waals surface area contributed by atoms with Crippen LogP contribution in [0.3, 0.4) is 0 Å². The van der Waals surface area contributed by atoms with E-state index in [1.165, 1.54) is 0 Å². The van der Waals surface area contributed by atoms with Crippen LogP contribution < -0.4 is 11.5 Å². The first-order chi connectivity index (χ1) is 8.57. The fourth-order valence-electron chi connectivity index (χ4n) is 1.64. The van der Waals surface area contributed by atoms with Gasteiger partial charge >= 0.3 is 12.4 Å². The summed E-state index contributed by atoms with van der Waals surface area (Å²) < 4.78 is 75.5. The Labute approximate surface area is 105 Å². The van der Waals surface area contributed by atoms with Gasteiger partial charge in [-0.25, -0.2) is 0 Å². The largest absolute Gasteiger partial charge is 0.416 e. The van der Waals surface area contributed by atoms with Crippen LogP contribution >= 0.6 is 0 Å². The Balaban J connectivity index is 3.33. The lowest BCUT2D eigenvalue weighted by molar-refractivity contribution is -0.143. The zero-order chi connectivity index (χ0) is 14.8. The third kappa shape index (κ3) is 3.84. The number of benzene rings is 1. The summed E-state index contributed by atoms with van der Waals surface area (Å²) in [5.74, 6) is 0. The van der Waals surface area contributed by atoms with Crippen molar-refractivity contribution in [1.82, 2.24) is 0 Å². The van der Waals surface area contributed by atoms with E-state index in [4.69, 9.17) is 11.5 Å². The predicted octanol–water partition coefficient (Wildman–Crippen LogP) is 3.07. The predicted molar refractivity (Wildman–Crippen MR) is 57.0 cm³/mol. The Hall–Kier alpha value is -1.28. The Morgan fingerprint density at radius 1 is 1.00 bits per heavy atom. The van der Waals surface area contributed by atoms with Crippen LogP contribution in [0.2, 0.25) is 0 Å². The van der Waals surface area contributed by atoms with Gasteiger partial charge in [0.15, 0.2) is 0 Å². The van der Waals surface area contributed by atoms with Crippen molar-refractivity contribution in [3.8, 4) is 0 Å². The Bertz CT molecular complexity index is 438. The summed E-state index contributed by atoms with van der Waals surface area (Å²) in [4.78, 5) is 0. The van der Waals surface area contributed by atoms with Crippen molar-refractivity contribution in [2.24, 2.45) is 11.5 Å². The molecule has 8 heteroatoms. The van der Waals surface area contributed by atoms with Gasteiger partial charge in [0.1, 0.15) is 0 Å². The number of halogens is 6. The molecule has 0 unspecified atom stereocenters. The standard InChI is InChI=1S/C11H12F6N2/c12-10(13,14)6-1-2-7(9(19)3-4-18)8(5-6)11(15,16)17/h1-2,5,9H,3-4,18-19H2/t9-/m1/s1. The van der Waals surface area contributed by atoms with Crippen LogP contribution in [-0.2, 0) is 12.4 Å². The van der Waals surface area contributed by atoms with Crippen LogP contribution in [0, 0.1) is 0 Å². The van der Waals surface area contributed by atoms with Gasteiger partial charge in [-0.15, -0.1) is 0 Å². The number of rotatable bonds is 3. The molecule has 0 radical (unpaired) electrons. The number of alkyl halides is 6. The van der Waals surface area contributed by atoms with Crippen LogP contribution in [0.1, 0.15) is 29.2 Å². The molecule has 0 aromatic heterocycles. The normalized spacial score (nSPS) is 14.5. The number of nitrogens with two attached hydrogens (primary N) is 2. The molecule has 1 atom stereocenters. The van der Waals surface area contributed by atoms with Gasteiger partial charge in [-0.3, -0.25) is 0 Å². The van der Waals surface area contributed by atoms with Crippen LogP contribution in [0.5, 0.6) is 0 Å². The molecule has 0 fully saturated rings. The summed E-state index contributed by atoms with van der Waals surface area (Å²) in [5.41, 5.74) is 7.57. The average molecular weight is 286 g/mol. The van der Waals surface area contributed by atoms with E-state index in [0.717, 1.165) is 6.07 Å². The van der Waals surface area contributed by atoms with E-state index in [9.17, 15) is 26.3 Å². The number of hydrogen-bond acceptors (Lipinski definition) is 2. The summed E-state index contributed by atoms with van der Waals surface area (Å²) in [6.45, 7) is 0.0412. The average Bonchev–Trinajstić information content (AvgIpc) is 2.26. The Morgan fingerprint density at radius 2 is 1.58 bits per heavy atom. The quantitative estimate of drug-likeness (QED) is 0.839. The second-order valence-corrected chi connectivity index (χ2v) is 3.98. The van der Waals surface area contributed by atoms with Crippen molar-refractivity contribution in [2.45, 2.75) is 24.8 Å². The summed E-state index contributed by atoms with van der Waals surface area (Å²) in [5, 5.41) is 0. The molecule has 0 saturated carbocycles. The van der Waals surface area contributed by atoms with E-state index < -0.39 is 29.5 Å². The Kier molecular flexibility index (Phi) is 4.46. The first-order valence-electron chi connectivity index (χ1n) is 5.31. The summed E-state index contributed by atoms with van der Waals surface area (Å²) in [6.07, 6.45) is -9.69. The monoisotopic (exact) mass is 286 g/mol. The molecule has 0 aliphatic carbocycles. The molecule has 0 aliphatic heterocycles. The lowest BCUT2D eigenvalue weighted by atomic mass is 9.96. The maximum atomic E-state index is 12.8. The molecule has 4 N–H and O–H groups in total. The lowest BCUT2D eigenvalue weighted by Gasteiger charge is -2.19. The summed E-state index contributed by atoms with van der Waals surface area (Å²) in [7, 11) is 0. The van der Waals surface area contributed by atoms with Crippen molar-refractivity contribution < 1.29 is 26.3 Å². The van der Waals surface area contributed by atoms with Crippen LogP contribution in [-0.4, -0.2) is 6.54 Å². The van der Waals surface area contributed by atoms with Gasteiger partial charge in [-0.05, 0) is 30.7 Å². The topological polar surface area (TPSA) is 52.0 Å². The van der Waals surface area contributed by atoms with Crippen LogP contribution in [0.15, 0.2) is 18.2 Å². The minimum Gasteiger partial charge on any atom is -0.330 e. The van der Waals surface area contributed by atoms with Crippen molar-refractivity contribution in [2.75, 3.05) is 6.54 Å². The van der Waals surface area contributed by atoms with Crippen molar-refractivity contribution in [1.29, 1.82) is 0 Å². The molecule has 0 saturated heterocycles. The highest BCUT2D eigenvalue weighted by Crippen LogP contribution is 2.39. The molecule has 2 nitrogen and oxygen atoms in total. The molecule has 0 bridgehead atoms. The first-order valence-corrected chi connectivity index (χ1v) is 5.31. The SMILES string of the molecule is NCC[C@@H](N)c1ccc(C(F)(F)F)cc1C(F)(F)F. The zero-order valence-corrected chi connectivity index (χ0v) is 9.65. The third-order valence-corrected chi connectivity index (χ3v) is 2.56. The second kappa shape index (κ2) is 5.38. The molecular formula is C11H12F6N2. The molecule has 1 aromatic carbocycles. The van der Waals surface area contributed by atoms with Crippen LogP contribution in [0.4, 0.5) is 26.3 Å². The van der Waals surface area contributed by atoms with Gasteiger partial charge in [0, 0.05) is 6.04 Å². The molecule has 0 heterocycles. The first kappa shape index (κ1) is 15.8. The molecule has 0 aliphatic rings. The molecule has 108 valence electrons. The number of hydrogen-bond donors (Lipinski definition) is 2. The van der Waals surface area contributed by atoms with E-state index in [1.807, 2.05) is 0 Å². The molecule has 1 rings (SSSR count). The highest BCUT2D eigenvalue weighted by Gasteiger charge is 2.38. The molecule has 1 aromatic rings. The van der Waals surface area contributed by atoms with E-state index in [2.05, 4.69) is 0 Å². The highest BCUT2D eigenvalue weighted by molar-refractivity contribution is 5.37.